The smallest absolute Gasteiger partial charge is 0.220 e. The molecule has 0 bridgehead atoms. The minimum atomic E-state index is 0.102. The average molecular weight is 313 g/mol. The van der Waals surface area contributed by atoms with Crippen molar-refractivity contribution in [2.24, 2.45) is 0 Å². The Morgan fingerprint density at radius 1 is 1.43 bits per heavy atom. The van der Waals surface area contributed by atoms with E-state index in [1.165, 1.54) is 0 Å². The Labute approximate surface area is 136 Å². The van der Waals surface area contributed by atoms with Gasteiger partial charge in [0.15, 0.2) is 0 Å². The van der Waals surface area contributed by atoms with Crippen molar-refractivity contribution in [1.82, 2.24) is 14.9 Å². The highest BCUT2D eigenvalue weighted by atomic mass is 16.5. The van der Waals surface area contributed by atoms with E-state index in [-0.39, 0.29) is 11.9 Å². The Bertz CT molecular complexity index is 666. The largest absolute Gasteiger partial charge is 0.494 e. The Balaban J connectivity index is 1.51. The molecule has 1 N–H and O–H groups in total. The maximum atomic E-state index is 12.2. The molecule has 0 spiro atoms. The van der Waals surface area contributed by atoms with E-state index >= 15 is 0 Å². The van der Waals surface area contributed by atoms with Gasteiger partial charge in [0.2, 0.25) is 5.91 Å². The lowest BCUT2D eigenvalue weighted by molar-refractivity contribution is -0.122. The second-order valence-electron chi connectivity index (χ2n) is 5.84. The number of ether oxygens (including phenoxy) is 1. The summed E-state index contributed by atoms with van der Waals surface area (Å²) in [5.74, 6) is 2.09. The van der Waals surface area contributed by atoms with E-state index in [0.717, 1.165) is 36.5 Å². The van der Waals surface area contributed by atoms with Crippen molar-refractivity contribution in [3.63, 3.8) is 0 Å². The Kier molecular flexibility index (Phi) is 4.95. The number of imidazole rings is 1. The summed E-state index contributed by atoms with van der Waals surface area (Å²) >= 11 is 0. The summed E-state index contributed by atoms with van der Waals surface area (Å²) in [5, 5.41) is 3.14. The normalized spacial score (nSPS) is 16.7. The minimum Gasteiger partial charge on any atom is -0.494 e. The second kappa shape index (κ2) is 7.31. The molecular formula is C18H23N3O2. The maximum absolute atomic E-state index is 12.2. The third kappa shape index (κ3) is 3.92. The molecular weight excluding hydrogens is 290 g/mol. The fourth-order valence-corrected chi connectivity index (χ4v) is 3.04. The lowest BCUT2D eigenvalue weighted by atomic mass is 10.1. The van der Waals surface area contributed by atoms with Crippen molar-refractivity contribution in [2.45, 2.75) is 45.2 Å². The van der Waals surface area contributed by atoms with E-state index in [2.05, 4.69) is 14.9 Å². The van der Waals surface area contributed by atoms with E-state index in [4.69, 9.17) is 4.74 Å². The number of nitrogens with zero attached hydrogens (tertiary/aromatic N) is 2. The summed E-state index contributed by atoms with van der Waals surface area (Å²) in [7, 11) is 0. The molecule has 23 heavy (non-hydrogen) atoms. The minimum absolute atomic E-state index is 0.102. The van der Waals surface area contributed by atoms with Crippen molar-refractivity contribution in [2.75, 3.05) is 6.61 Å². The van der Waals surface area contributed by atoms with Crippen molar-refractivity contribution in [3.05, 3.63) is 48.0 Å². The molecule has 0 aliphatic carbocycles. The summed E-state index contributed by atoms with van der Waals surface area (Å²) in [6.07, 6.45) is 6.86. The van der Waals surface area contributed by atoms with Crippen molar-refractivity contribution >= 4 is 5.91 Å². The molecule has 0 saturated heterocycles. The first-order valence-electron chi connectivity index (χ1n) is 8.26. The standard InChI is InChI=1S/C18H23N3O2/c1-2-23-16-6-4-3-5-14(16)7-10-18(22)20-15-8-9-17-19-11-12-21(17)13-15/h3-6,11-12,15H,2,7-10,13H2,1H3,(H,20,22)/t15-/m1/s1. The molecule has 122 valence electrons. The number of carbonyl (C=O) groups excluding carboxylic acids is 1. The van der Waals surface area contributed by atoms with Crippen LogP contribution in [0.3, 0.4) is 0 Å². The maximum Gasteiger partial charge on any atom is 0.220 e. The van der Waals surface area contributed by atoms with Crippen LogP contribution in [-0.2, 0) is 24.2 Å². The van der Waals surface area contributed by atoms with E-state index < -0.39 is 0 Å². The topological polar surface area (TPSA) is 56.1 Å². The molecule has 0 radical (unpaired) electrons. The van der Waals surface area contributed by atoms with E-state index in [1.807, 2.05) is 43.6 Å². The summed E-state index contributed by atoms with van der Waals surface area (Å²) in [4.78, 5) is 16.5. The fourth-order valence-electron chi connectivity index (χ4n) is 3.04. The zero-order chi connectivity index (χ0) is 16.1. The second-order valence-corrected chi connectivity index (χ2v) is 5.84. The summed E-state index contributed by atoms with van der Waals surface area (Å²) in [6.45, 7) is 3.42. The molecule has 1 atom stereocenters. The van der Waals surface area contributed by atoms with Crippen LogP contribution >= 0.6 is 0 Å². The molecule has 2 aromatic rings. The van der Waals surface area contributed by atoms with E-state index in [0.29, 0.717) is 19.4 Å². The van der Waals surface area contributed by atoms with Crippen LogP contribution in [0, 0.1) is 0 Å². The highest BCUT2D eigenvalue weighted by Gasteiger charge is 2.20. The Hall–Kier alpha value is -2.30. The zero-order valence-corrected chi connectivity index (χ0v) is 13.5. The lowest BCUT2D eigenvalue weighted by Gasteiger charge is -2.24. The number of carbonyl (C=O) groups is 1. The van der Waals surface area contributed by atoms with Gasteiger partial charge < -0.3 is 14.6 Å². The van der Waals surface area contributed by atoms with Crippen molar-refractivity contribution in [1.29, 1.82) is 0 Å². The number of nitrogens with one attached hydrogen (secondary N) is 1. The van der Waals surface area contributed by atoms with E-state index in [9.17, 15) is 4.79 Å². The van der Waals surface area contributed by atoms with E-state index in [1.54, 1.807) is 0 Å². The molecule has 1 amide bonds. The molecule has 1 aromatic heterocycles. The highest BCUT2D eigenvalue weighted by Crippen LogP contribution is 2.19. The van der Waals surface area contributed by atoms with Gasteiger partial charge in [0.1, 0.15) is 11.6 Å². The fraction of sp³-hybridized carbons (Fsp3) is 0.444. The molecule has 0 saturated carbocycles. The van der Waals surface area contributed by atoms with Gasteiger partial charge in [-0.05, 0) is 31.4 Å². The highest BCUT2D eigenvalue weighted by molar-refractivity contribution is 5.76. The Morgan fingerprint density at radius 3 is 3.17 bits per heavy atom. The molecule has 2 heterocycles. The van der Waals surface area contributed by atoms with Crippen LogP contribution in [-0.4, -0.2) is 28.1 Å². The number of fused-ring (bicyclic) bond motifs is 1. The van der Waals surface area contributed by atoms with Crippen LogP contribution in [0.1, 0.15) is 31.2 Å². The SMILES string of the molecule is CCOc1ccccc1CCC(=O)N[C@@H]1CCc2nccn2C1. The van der Waals surface area contributed by atoms with Crippen LogP contribution in [0.5, 0.6) is 5.75 Å². The van der Waals surface area contributed by atoms with Gasteiger partial charge in [-0.3, -0.25) is 4.79 Å². The van der Waals surface area contributed by atoms with Gasteiger partial charge in [0.25, 0.3) is 0 Å². The molecule has 0 unspecified atom stereocenters. The van der Waals surface area contributed by atoms with Crippen LogP contribution in [0.2, 0.25) is 0 Å². The molecule has 5 heteroatoms. The first kappa shape index (κ1) is 15.6. The number of amides is 1. The summed E-state index contributed by atoms with van der Waals surface area (Å²) in [6, 6.07) is 8.12. The third-order valence-corrected chi connectivity index (χ3v) is 4.19. The van der Waals surface area contributed by atoms with Crippen LogP contribution in [0.15, 0.2) is 36.7 Å². The number of hydrogen-bond donors (Lipinski definition) is 1. The van der Waals surface area contributed by atoms with Gasteiger partial charge in [-0.1, -0.05) is 18.2 Å². The van der Waals surface area contributed by atoms with Crippen LogP contribution < -0.4 is 10.1 Å². The first-order chi connectivity index (χ1) is 11.3. The van der Waals surface area contributed by atoms with Crippen LogP contribution in [0.4, 0.5) is 0 Å². The van der Waals surface area contributed by atoms with Crippen molar-refractivity contribution < 1.29 is 9.53 Å². The predicted octanol–water partition coefficient (Wildman–Crippen LogP) is 2.35. The zero-order valence-electron chi connectivity index (χ0n) is 13.5. The average Bonchev–Trinajstić information content (AvgIpc) is 3.02. The quantitative estimate of drug-likeness (QED) is 0.890. The molecule has 1 aliphatic heterocycles. The van der Waals surface area contributed by atoms with Crippen LogP contribution in [0.25, 0.3) is 0 Å². The lowest BCUT2D eigenvalue weighted by Crippen LogP contribution is -2.40. The van der Waals surface area contributed by atoms with Gasteiger partial charge in [-0.25, -0.2) is 4.98 Å². The Morgan fingerprint density at radius 2 is 2.30 bits per heavy atom. The number of hydrogen-bond acceptors (Lipinski definition) is 3. The molecule has 5 nitrogen and oxygen atoms in total. The number of aromatic nitrogens is 2. The van der Waals surface area contributed by atoms with Gasteiger partial charge in [-0.2, -0.15) is 0 Å². The number of aryl methyl sites for hydroxylation is 2. The van der Waals surface area contributed by atoms with Gasteiger partial charge >= 0.3 is 0 Å². The number of benzene rings is 1. The van der Waals surface area contributed by atoms with Gasteiger partial charge in [0.05, 0.1) is 6.61 Å². The molecule has 1 aliphatic rings. The molecule has 3 rings (SSSR count). The van der Waals surface area contributed by atoms with Gasteiger partial charge in [0, 0.05) is 37.8 Å². The predicted molar refractivity (Wildman–Crippen MR) is 88.4 cm³/mol. The summed E-state index contributed by atoms with van der Waals surface area (Å²) < 4.78 is 7.73. The van der Waals surface area contributed by atoms with Gasteiger partial charge in [-0.15, -0.1) is 0 Å². The number of para-hydroxylation sites is 1. The first-order valence-corrected chi connectivity index (χ1v) is 8.26. The summed E-state index contributed by atoms with van der Waals surface area (Å²) in [5.41, 5.74) is 1.09. The third-order valence-electron chi connectivity index (χ3n) is 4.19. The van der Waals surface area contributed by atoms with Crippen molar-refractivity contribution in [3.8, 4) is 5.75 Å². The monoisotopic (exact) mass is 313 g/mol. The molecule has 1 aromatic carbocycles. The molecule has 0 fully saturated rings. The number of rotatable bonds is 6.